The molecule has 0 aromatic rings. The van der Waals surface area contributed by atoms with Crippen LogP contribution in [0.25, 0.3) is 0 Å². The summed E-state index contributed by atoms with van der Waals surface area (Å²) in [6, 6.07) is 0. The summed E-state index contributed by atoms with van der Waals surface area (Å²) in [5.74, 6) is 0.573. The maximum atomic E-state index is 3.82. The standard InChI is InChI=1S/C12H20/c1-6-8-9-11(5)12(7-2)10(3)4/h7-10H,2,6H2,1,3-5H3/b9-8-,12-11+. The van der Waals surface area contributed by atoms with Crippen molar-refractivity contribution in [2.45, 2.75) is 34.1 Å². The minimum Gasteiger partial charge on any atom is -0.0988 e. The molecule has 0 amide bonds. The summed E-state index contributed by atoms with van der Waals surface area (Å²) in [5, 5.41) is 0. The van der Waals surface area contributed by atoms with Gasteiger partial charge < -0.3 is 0 Å². The number of hydrogen-bond acceptors (Lipinski definition) is 0. The van der Waals surface area contributed by atoms with Crippen molar-refractivity contribution in [2.24, 2.45) is 5.92 Å². The van der Waals surface area contributed by atoms with Gasteiger partial charge in [0.05, 0.1) is 0 Å². The van der Waals surface area contributed by atoms with Gasteiger partial charge in [-0.15, -0.1) is 0 Å². The highest BCUT2D eigenvalue weighted by molar-refractivity contribution is 5.31. The van der Waals surface area contributed by atoms with Crippen molar-refractivity contribution in [1.82, 2.24) is 0 Å². The molecule has 0 N–H and O–H groups in total. The van der Waals surface area contributed by atoms with Crippen LogP contribution in [-0.2, 0) is 0 Å². The first-order valence-electron chi connectivity index (χ1n) is 4.63. The Balaban J connectivity index is 4.60. The Labute approximate surface area is 76.7 Å². The first kappa shape index (κ1) is 11.2. The smallest absolute Gasteiger partial charge is 0.0216 e. The largest absolute Gasteiger partial charge is 0.0988 e. The van der Waals surface area contributed by atoms with Gasteiger partial charge in [0.15, 0.2) is 0 Å². The second-order valence-corrected chi connectivity index (χ2v) is 3.31. The third-order valence-corrected chi connectivity index (χ3v) is 1.90. The Morgan fingerprint density at radius 2 is 2.00 bits per heavy atom. The monoisotopic (exact) mass is 164 g/mol. The molecule has 0 aliphatic carbocycles. The van der Waals surface area contributed by atoms with Gasteiger partial charge in [0.2, 0.25) is 0 Å². The molecule has 0 nitrogen and oxygen atoms in total. The number of rotatable bonds is 4. The van der Waals surface area contributed by atoms with Gasteiger partial charge in [-0.25, -0.2) is 0 Å². The van der Waals surface area contributed by atoms with Gasteiger partial charge in [0.25, 0.3) is 0 Å². The first-order chi connectivity index (χ1) is 5.63. The molecule has 0 saturated carbocycles. The van der Waals surface area contributed by atoms with E-state index in [2.05, 4.69) is 46.4 Å². The molecule has 0 saturated heterocycles. The second-order valence-electron chi connectivity index (χ2n) is 3.31. The van der Waals surface area contributed by atoms with Crippen molar-refractivity contribution >= 4 is 0 Å². The highest BCUT2D eigenvalue weighted by atomic mass is 14.1. The van der Waals surface area contributed by atoms with Crippen LogP contribution < -0.4 is 0 Å². The molecule has 68 valence electrons. The Hall–Kier alpha value is -0.780. The van der Waals surface area contributed by atoms with Gasteiger partial charge in [0, 0.05) is 0 Å². The fraction of sp³-hybridized carbons (Fsp3) is 0.500. The van der Waals surface area contributed by atoms with Crippen molar-refractivity contribution in [1.29, 1.82) is 0 Å². The second kappa shape index (κ2) is 5.82. The molecular formula is C12H20. The minimum atomic E-state index is 0.573. The Morgan fingerprint density at radius 3 is 2.33 bits per heavy atom. The minimum absolute atomic E-state index is 0.573. The molecule has 12 heavy (non-hydrogen) atoms. The number of hydrogen-bond donors (Lipinski definition) is 0. The zero-order chi connectivity index (χ0) is 9.56. The van der Waals surface area contributed by atoms with Crippen LogP contribution in [0.1, 0.15) is 34.1 Å². The fourth-order valence-electron chi connectivity index (χ4n) is 1.24. The molecule has 0 bridgehead atoms. The van der Waals surface area contributed by atoms with Crippen LogP contribution in [0.3, 0.4) is 0 Å². The van der Waals surface area contributed by atoms with Gasteiger partial charge >= 0.3 is 0 Å². The molecule has 0 atom stereocenters. The summed E-state index contributed by atoms with van der Waals surface area (Å²) in [7, 11) is 0. The van der Waals surface area contributed by atoms with Crippen molar-refractivity contribution in [2.75, 3.05) is 0 Å². The molecule has 0 unspecified atom stereocenters. The lowest BCUT2D eigenvalue weighted by atomic mass is 9.98. The molecule has 0 radical (unpaired) electrons. The van der Waals surface area contributed by atoms with Gasteiger partial charge in [-0.3, -0.25) is 0 Å². The lowest BCUT2D eigenvalue weighted by molar-refractivity contribution is 0.784. The maximum absolute atomic E-state index is 3.82. The predicted molar refractivity (Wildman–Crippen MR) is 57.2 cm³/mol. The van der Waals surface area contributed by atoms with Crippen LogP contribution in [0.15, 0.2) is 36.0 Å². The topological polar surface area (TPSA) is 0 Å². The molecule has 0 aromatic carbocycles. The van der Waals surface area contributed by atoms with Gasteiger partial charge in [-0.05, 0) is 30.4 Å². The van der Waals surface area contributed by atoms with E-state index in [1.54, 1.807) is 0 Å². The fourth-order valence-corrected chi connectivity index (χ4v) is 1.24. The zero-order valence-electron chi connectivity index (χ0n) is 8.72. The third kappa shape index (κ3) is 3.56. The van der Waals surface area contributed by atoms with Crippen LogP contribution in [0, 0.1) is 5.92 Å². The van der Waals surface area contributed by atoms with E-state index in [1.165, 1.54) is 11.1 Å². The highest BCUT2D eigenvalue weighted by Crippen LogP contribution is 2.16. The molecule has 0 rings (SSSR count). The maximum Gasteiger partial charge on any atom is -0.0216 e. The first-order valence-corrected chi connectivity index (χ1v) is 4.63. The van der Waals surface area contributed by atoms with E-state index in [-0.39, 0.29) is 0 Å². The SMILES string of the molecule is C=C/C(=C(C)\C=C/CC)C(C)C. The van der Waals surface area contributed by atoms with Crippen LogP contribution in [0.2, 0.25) is 0 Å². The van der Waals surface area contributed by atoms with Gasteiger partial charge in [-0.1, -0.05) is 45.6 Å². The highest BCUT2D eigenvalue weighted by Gasteiger charge is 2.00. The summed E-state index contributed by atoms with van der Waals surface area (Å²) < 4.78 is 0. The van der Waals surface area contributed by atoms with Crippen molar-refractivity contribution in [3.05, 3.63) is 36.0 Å². The molecule has 0 aromatic heterocycles. The average molecular weight is 164 g/mol. The molecule has 0 aliphatic rings. The van der Waals surface area contributed by atoms with Crippen LogP contribution in [0.4, 0.5) is 0 Å². The molecule has 0 spiro atoms. The Morgan fingerprint density at radius 1 is 1.42 bits per heavy atom. The van der Waals surface area contributed by atoms with E-state index in [1.807, 2.05) is 6.08 Å². The lowest BCUT2D eigenvalue weighted by Crippen LogP contribution is -1.92. The van der Waals surface area contributed by atoms with E-state index >= 15 is 0 Å². The summed E-state index contributed by atoms with van der Waals surface area (Å²) in [4.78, 5) is 0. The molecule has 0 aliphatic heterocycles. The predicted octanol–water partition coefficient (Wildman–Crippen LogP) is 4.11. The summed E-state index contributed by atoms with van der Waals surface area (Å²) in [6.07, 6.45) is 7.41. The summed E-state index contributed by atoms with van der Waals surface area (Å²) in [6.45, 7) is 12.5. The number of allylic oxidation sites excluding steroid dienone is 5. The van der Waals surface area contributed by atoms with Crippen LogP contribution in [0.5, 0.6) is 0 Å². The molecule has 0 heterocycles. The average Bonchev–Trinajstić information content (AvgIpc) is 2.01. The van der Waals surface area contributed by atoms with Crippen LogP contribution in [-0.4, -0.2) is 0 Å². The molecule has 0 heteroatoms. The van der Waals surface area contributed by atoms with Gasteiger partial charge in [-0.2, -0.15) is 0 Å². The van der Waals surface area contributed by atoms with Crippen molar-refractivity contribution in [3.8, 4) is 0 Å². The quantitative estimate of drug-likeness (QED) is 0.548. The lowest BCUT2D eigenvalue weighted by Gasteiger charge is -2.08. The molecule has 0 fully saturated rings. The van der Waals surface area contributed by atoms with Gasteiger partial charge in [0.1, 0.15) is 0 Å². The van der Waals surface area contributed by atoms with E-state index in [9.17, 15) is 0 Å². The summed E-state index contributed by atoms with van der Waals surface area (Å²) >= 11 is 0. The van der Waals surface area contributed by atoms with Crippen molar-refractivity contribution < 1.29 is 0 Å². The van der Waals surface area contributed by atoms with Crippen molar-refractivity contribution in [3.63, 3.8) is 0 Å². The Bertz CT molecular complexity index is 192. The van der Waals surface area contributed by atoms with E-state index in [0.717, 1.165) is 6.42 Å². The van der Waals surface area contributed by atoms with E-state index in [0.29, 0.717) is 5.92 Å². The zero-order valence-corrected chi connectivity index (χ0v) is 8.72. The van der Waals surface area contributed by atoms with E-state index < -0.39 is 0 Å². The third-order valence-electron chi connectivity index (χ3n) is 1.90. The summed E-state index contributed by atoms with van der Waals surface area (Å²) in [5.41, 5.74) is 2.68. The molecular weight excluding hydrogens is 144 g/mol. The normalized spacial score (nSPS) is 13.8. The Kier molecular flexibility index (Phi) is 5.44. The van der Waals surface area contributed by atoms with Crippen LogP contribution >= 0.6 is 0 Å². The van der Waals surface area contributed by atoms with E-state index in [4.69, 9.17) is 0 Å².